The molecule has 0 saturated heterocycles. The van der Waals surface area contributed by atoms with E-state index < -0.39 is 10.8 Å². The Balaban J connectivity index is 0.932. The predicted molar refractivity (Wildman–Crippen MR) is 287 cm³/mol. The number of anilines is 3. The Morgan fingerprint density at radius 3 is 1.30 bits per heavy atom. The Kier molecular flexibility index (Phi) is 8.24. The van der Waals surface area contributed by atoms with Crippen molar-refractivity contribution in [2.24, 2.45) is 0 Å². The first-order valence-corrected chi connectivity index (χ1v) is 24.3. The van der Waals surface area contributed by atoms with Crippen molar-refractivity contribution in [3.63, 3.8) is 0 Å². The molecule has 0 aliphatic heterocycles. The van der Waals surface area contributed by atoms with Gasteiger partial charge in [-0.3, -0.25) is 0 Å². The van der Waals surface area contributed by atoms with E-state index in [1.807, 2.05) is 12.1 Å². The molecule has 0 fully saturated rings. The van der Waals surface area contributed by atoms with Crippen molar-refractivity contribution in [1.82, 2.24) is 0 Å². The van der Waals surface area contributed by atoms with Gasteiger partial charge in [-0.1, -0.05) is 206 Å². The highest BCUT2D eigenvalue weighted by Crippen LogP contribution is 2.67. The first-order chi connectivity index (χ1) is 34.7. The van der Waals surface area contributed by atoms with Crippen LogP contribution >= 0.6 is 0 Å². The van der Waals surface area contributed by atoms with Crippen molar-refractivity contribution in [2.45, 2.75) is 10.8 Å². The molecule has 1 aromatic heterocycles. The summed E-state index contributed by atoms with van der Waals surface area (Å²) in [5.41, 5.74) is 24.5. The van der Waals surface area contributed by atoms with Gasteiger partial charge in [-0.2, -0.15) is 0 Å². The van der Waals surface area contributed by atoms with Crippen molar-refractivity contribution in [2.75, 3.05) is 4.90 Å². The summed E-state index contributed by atoms with van der Waals surface area (Å²) in [6.07, 6.45) is 0. The minimum atomic E-state index is -0.560. The molecule has 70 heavy (non-hydrogen) atoms. The summed E-state index contributed by atoms with van der Waals surface area (Å²) in [4.78, 5) is 2.43. The lowest BCUT2D eigenvalue weighted by Crippen LogP contribution is -2.43. The van der Waals surface area contributed by atoms with Gasteiger partial charge in [0.05, 0.1) is 10.8 Å². The molecular weight excluding hydrogens is 847 g/mol. The molecule has 0 radical (unpaired) electrons. The second-order valence-electron chi connectivity index (χ2n) is 19.1. The number of fused-ring (bicyclic) bond motifs is 19. The number of rotatable bonds is 5. The Hall–Kier alpha value is -8.98. The first kappa shape index (κ1) is 39.1. The fraction of sp³-hybridized carbons (Fsp3) is 0.0294. The zero-order valence-electron chi connectivity index (χ0n) is 38.2. The molecule has 15 rings (SSSR count). The number of furan rings is 1. The van der Waals surface area contributed by atoms with Gasteiger partial charge in [0.1, 0.15) is 11.2 Å². The van der Waals surface area contributed by atoms with E-state index in [2.05, 4.69) is 254 Å². The molecule has 3 aliphatic rings. The lowest BCUT2D eigenvalue weighted by Gasteiger charge is -2.48. The predicted octanol–water partition coefficient (Wildman–Crippen LogP) is 17.4. The summed E-state index contributed by atoms with van der Waals surface area (Å²) in [5.74, 6) is 0. The van der Waals surface area contributed by atoms with Crippen LogP contribution in [0.4, 0.5) is 17.1 Å². The average Bonchev–Trinajstić information content (AvgIpc) is 4.06. The molecule has 0 unspecified atom stereocenters. The van der Waals surface area contributed by atoms with E-state index in [1.165, 1.54) is 77.9 Å². The van der Waals surface area contributed by atoms with Crippen LogP contribution in [0.5, 0.6) is 0 Å². The molecule has 0 amide bonds. The molecule has 0 saturated carbocycles. The molecule has 1 heterocycles. The van der Waals surface area contributed by atoms with Gasteiger partial charge in [0, 0.05) is 27.8 Å². The van der Waals surface area contributed by atoms with Crippen molar-refractivity contribution in [3.05, 3.63) is 305 Å². The van der Waals surface area contributed by atoms with Crippen LogP contribution in [-0.2, 0) is 10.8 Å². The van der Waals surface area contributed by atoms with Crippen LogP contribution in [-0.4, -0.2) is 0 Å². The van der Waals surface area contributed by atoms with E-state index in [4.69, 9.17) is 4.42 Å². The Bertz CT molecular complexity index is 3990. The molecule has 2 heteroatoms. The third-order valence-electron chi connectivity index (χ3n) is 15.8. The van der Waals surface area contributed by atoms with Crippen LogP contribution in [0.1, 0.15) is 44.5 Å². The molecule has 0 atom stereocenters. The van der Waals surface area contributed by atoms with Gasteiger partial charge in [0.25, 0.3) is 0 Å². The summed E-state index contributed by atoms with van der Waals surface area (Å²) in [6.45, 7) is 0. The molecule has 2 spiro atoms. The number of hydrogen-bond acceptors (Lipinski definition) is 2. The minimum absolute atomic E-state index is 0.478. The van der Waals surface area contributed by atoms with Crippen LogP contribution in [0.3, 0.4) is 0 Å². The largest absolute Gasteiger partial charge is 0.456 e. The van der Waals surface area contributed by atoms with Crippen molar-refractivity contribution in [1.29, 1.82) is 0 Å². The third-order valence-corrected chi connectivity index (χ3v) is 15.8. The highest BCUT2D eigenvalue weighted by molar-refractivity contribution is 6.06. The molecule has 2 nitrogen and oxygen atoms in total. The number of nitrogens with zero attached hydrogens (tertiary/aromatic N) is 1. The summed E-state index contributed by atoms with van der Waals surface area (Å²) in [5, 5.41) is 2.27. The maximum Gasteiger partial charge on any atom is 0.136 e. The maximum atomic E-state index is 6.33. The standard InChI is InChI=1S/C68H43NO/c1-2-17-44(18-3-1)46-19-16-20-49(41-46)69(48-36-33-45(34-37-48)47-35-39-55-54-24-7-15-32-65(54)70-66(55)42-47)50-38-40-60-56(43-50)53-23-6-10-27-59(53)68(60)63-30-13-11-28-61(63)67(62-29-12-14-31-64(62)68)57-25-8-4-21-51(57)52-22-5-9-26-58(52)67/h1-43H. The Labute approximate surface area is 407 Å². The lowest BCUT2D eigenvalue weighted by atomic mass is 9.52. The zero-order valence-corrected chi connectivity index (χ0v) is 38.2. The van der Waals surface area contributed by atoms with Gasteiger partial charge in [0.15, 0.2) is 0 Å². The SMILES string of the molecule is c1ccc(-c2cccc(N(c3ccc(-c4ccc5c(c4)oc4ccccc45)cc3)c3ccc4c(c3)-c3ccccc3C43c4ccccc4C4(c5ccccc5-c5ccccc54)c4ccccc43)c2)cc1. The van der Waals surface area contributed by atoms with Crippen molar-refractivity contribution < 1.29 is 4.42 Å². The van der Waals surface area contributed by atoms with Crippen LogP contribution in [0.15, 0.2) is 265 Å². The van der Waals surface area contributed by atoms with Gasteiger partial charge >= 0.3 is 0 Å². The Morgan fingerprint density at radius 2 is 0.671 bits per heavy atom. The Morgan fingerprint density at radius 1 is 0.243 bits per heavy atom. The lowest BCUT2D eigenvalue weighted by molar-refractivity contribution is 0.633. The van der Waals surface area contributed by atoms with Crippen LogP contribution < -0.4 is 4.90 Å². The van der Waals surface area contributed by atoms with E-state index in [0.717, 1.165) is 50.1 Å². The highest BCUT2D eigenvalue weighted by atomic mass is 16.3. The van der Waals surface area contributed by atoms with E-state index in [9.17, 15) is 0 Å². The van der Waals surface area contributed by atoms with Crippen LogP contribution in [0, 0.1) is 0 Å². The van der Waals surface area contributed by atoms with Gasteiger partial charge in [-0.05, 0) is 144 Å². The molecule has 11 aromatic carbocycles. The second kappa shape index (κ2) is 14.8. The molecule has 12 aromatic rings. The minimum Gasteiger partial charge on any atom is -0.456 e. The second-order valence-corrected chi connectivity index (χ2v) is 19.1. The van der Waals surface area contributed by atoms with E-state index >= 15 is 0 Å². The quantitative estimate of drug-likeness (QED) is 0.171. The van der Waals surface area contributed by atoms with Crippen molar-refractivity contribution >= 4 is 39.0 Å². The van der Waals surface area contributed by atoms with Gasteiger partial charge < -0.3 is 9.32 Å². The fourth-order valence-electron chi connectivity index (χ4n) is 13.0. The summed E-state index contributed by atoms with van der Waals surface area (Å²) in [7, 11) is 0. The van der Waals surface area contributed by atoms with Gasteiger partial charge in [-0.25, -0.2) is 0 Å². The highest BCUT2D eigenvalue weighted by Gasteiger charge is 2.58. The van der Waals surface area contributed by atoms with E-state index in [1.54, 1.807) is 0 Å². The number of hydrogen-bond donors (Lipinski definition) is 0. The first-order valence-electron chi connectivity index (χ1n) is 24.3. The molecule has 3 aliphatic carbocycles. The van der Waals surface area contributed by atoms with Crippen molar-refractivity contribution in [3.8, 4) is 44.5 Å². The maximum absolute atomic E-state index is 6.33. The zero-order chi connectivity index (χ0) is 46.0. The number of benzene rings is 11. The summed E-state index contributed by atoms with van der Waals surface area (Å²) < 4.78 is 6.33. The molecule has 0 bridgehead atoms. The van der Waals surface area contributed by atoms with E-state index in [0.29, 0.717) is 0 Å². The van der Waals surface area contributed by atoms with E-state index in [-0.39, 0.29) is 0 Å². The smallest absolute Gasteiger partial charge is 0.136 e. The number of para-hydroxylation sites is 1. The topological polar surface area (TPSA) is 16.4 Å². The monoisotopic (exact) mass is 889 g/mol. The molecule has 326 valence electrons. The average molecular weight is 890 g/mol. The fourth-order valence-corrected chi connectivity index (χ4v) is 13.0. The van der Waals surface area contributed by atoms with Crippen LogP contribution in [0.2, 0.25) is 0 Å². The van der Waals surface area contributed by atoms with Crippen LogP contribution in [0.25, 0.3) is 66.4 Å². The molecule has 0 N–H and O–H groups in total. The summed E-state index contributed by atoms with van der Waals surface area (Å²) in [6, 6.07) is 96.8. The summed E-state index contributed by atoms with van der Waals surface area (Å²) >= 11 is 0. The normalized spacial score (nSPS) is 13.9. The third kappa shape index (κ3) is 5.22. The molecular formula is C68H43NO. The van der Waals surface area contributed by atoms with Gasteiger partial charge in [0.2, 0.25) is 0 Å². The van der Waals surface area contributed by atoms with Gasteiger partial charge in [-0.15, -0.1) is 0 Å².